The van der Waals surface area contributed by atoms with E-state index in [2.05, 4.69) is 0 Å². The third-order valence-corrected chi connectivity index (χ3v) is 4.81. The van der Waals surface area contributed by atoms with E-state index in [-0.39, 0.29) is 17.7 Å². The Kier molecular flexibility index (Phi) is 2.37. The lowest BCUT2D eigenvalue weighted by Gasteiger charge is -2.26. The molecule has 3 nitrogen and oxygen atoms in total. The van der Waals surface area contributed by atoms with E-state index in [0.29, 0.717) is 21.5 Å². The van der Waals surface area contributed by atoms with Gasteiger partial charge >= 0.3 is 0 Å². The van der Waals surface area contributed by atoms with Crippen molar-refractivity contribution in [2.75, 3.05) is 0 Å². The van der Waals surface area contributed by atoms with Crippen molar-refractivity contribution >= 4 is 34.2 Å². The molecule has 0 spiro atoms. The van der Waals surface area contributed by atoms with Crippen molar-refractivity contribution < 1.29 is 9.59 Å². The Balaban J connectivity index is 2.03. The lowest BCUT2D eigenvalue weighted by molar-refractivity contribution is 0.0664. The van der Waals surface area contributed by atoms with Crippen LogP contribution in [0.25, 0.3) is 10.8 Å². The number of hydrogen-bond donors (Lipinski definition) is 0. The van der Waals surface area contributed by atoms with Crippen LogP contribution in [0.3, 0.4) is 0 Å². The predicted octanol–water partition coefficient (Wildman–Crippen LogP) is 4.01. The monoisotopic (exact) mass is 297 g/mol. The summed E-state index contributed by atoms with van der Waals surface area (Å²) in [5.41, 5.74) is 3.02. The lowest BCUT2D eigenvalue weighted by atomic mass is 9.94. The second-order valence-electron chi connectivity index (χ2n) is 5.56. The highest BCUT2D eigenvalue weighted by Crippen LogP contribution is 2.45. The van der Waals surface area contributed by atoms with Crippen molar-refractivity contribution in [2.45, 2.75) is 13.8 Å². The van der Waals surface area contributed by atoms with Gasteiger partial charge in [-0.15, -0.1) is 0 Å². The fourth-order valence-electron chi connectivity index (χ4n) is 3.11. The topological polar surface area (TPSA) is 37.4 Å². The summed E-state index contributed by atoms with van der Waals surface area (Å²) in [6, 6.07) is 8.82. The summed E-state index contributed by atoms with van der Waals surface area (Å²) in [4.78, 5) is 26.8. The van der Waals surface area contributed by atoms with Gasteiger partial charge in [-0.25, -0.2) is 4.90 Å². The van der Waals surface area contributed by atoms with Gasteiger partial charge in [0.15, 0.2) is 0 Å². The van der Waals surface area contributed by atoms with E-state index in [1.165, 1.54) is 4.90 Å². The second kappa shape index (κ2) is 3.95. The Morgan fingerprint density at radius 1 is 1.05 bits per heavy atom. The molecule has 0 aromatic heterocycles. The van der Waals surface area contributed by atoms with Crippen molar-refractivity contribution in [3.63, 3.8) is 0 Å². The number of carbonyl (C=O) groups is 2. The van der Waals surface area contributed by atoms with Crippen LogP contribution < -0.4 is 0 Å². The summed E-state index contributed by atoms with van der Waals surface area (Å²) < 4.78 is 0. The zero-order valence-electron chi connectivity index (χ0n) is 11.6. The first-order chi connectivity index (χ1) is 10.0. The first-order valence-corrected chi connectivity index (χ1v) is 7.21. The van der Waals surface area contributed by atoms with Gasteiger partial charge in [-0.1, -0.05) is 30.7 Å². The van der Waals surface area contributed by atoms with E-state index < -0.39 is 0 Å². The van der Waals surface area contributed by atoms with Crippen LogP contribution in [0.1, 0.15) is 34.6 Å². The molecule has 2 aromatic rings. The Labute approximate surface area is 126 Å². The van der Waals surface area contributed by atoms with Gasteiger partial charge in [0.05, 0.1) is 0 Å². The molecule has 104 valence electrons. The third kappa shape index (κ3) is 1.49. The number of amides is 2. The van der Waals surface area contributed by atoms with Crippen LogP contribution in [0.2, 0.25) is 5.02 Å². The summed E-state index contributed by atoms with van der Waals surface area (Å²) in [7, 11) is 0. The third-order valence-electron chi connectivity index (χ3n) is 4.48. The van der Waals surface area contributed by atoms with Crippen LogP contribution in [0.4, 0.5) is 0 Å². The van der Waals surface area contributed by atoms with E-state index in [1.807, 2.05) is 19.9 Å². The summed E-state index contributed by atoms with van der Waals surface area (Å²) in [5, 5.41) is 1.98. The minimum absolute atomic E-state index is 0.200. The minimum atomic E-state index is -0.251. The van der Waals surface area contributed by atoms with Crippen LogP contribution in [0.5, 0.6) is 0 Å². The van der Waals surface area contributed by atoms with Gasteiger partial charge in [-0.3, -0.25) is 9.59 Å². The minimum Gasteiger partial charge on any atom is -0.268 e. The van der Waals surface area contributed by atoms with Gasteiger partial charge in [-0.05, 0) is 30.7 Å². The lowest BCUT2D eigenvalue weighted by Crippen LogP contribution is -2.38. The largest absolute Gasteiger partial charge is 0.268 e. The van der Waals surface area contributed by atoms with E-state index in [1.54, 1.807) is 24.3 Å². The Morgan fingerprint density at radius 2 is 1.67 bits per heavy atom. The molecule has 1 unspecified atom stereocenters. The van der Waals surface area contributed by atoms with Gasteiger partial charge in [-0.2, -0.15) is 0 Å². The number of allylic oxidation sites excluding steroid dienone is 2. The normalized spacial score (nSPS) is 20.5. The summed E-state index contributed by atoms with van der Waals surface area (Å²) in [6.45, 7) is 3.96. The highest BCUT2D eigenvalue weighted by molar-refractivity contribution is 6.38. The predicted molar refractivity (Wildman–Crippen MR) is 81.3 cm³/mol. The highest BCUT2D eigenvalue weighted by atomic mass is 35.5. The molecular formula is C17H12ClNO2. The fourth-order valence-corrected chi connectivity index (χ4v) is 3.33. The molecule has 0 fully saturated rings. The molecule has 0 saturated carbocycles. The van der Waals surface area contributed by atoms with E-state index in [4.69, 9.17) is 11.6 Å². The van der Waals surface area contributed by atoms with Crippen LogP contribution in [-0.4, -0.2) is 16.7 Å². The van der Waals surface area contributed by atoms with Crippen molar-refractivity contribution in [1.82, 2.24) is 4.90 Å². The molecule has 2 aliphatic rings. The molecule has 1 aliphatic heterocycles. The quantitative estimate of drug-likeness (QED) is 0.746. The Morgan fingerprint density at radius 3 is 2.29 bits per heavy atom. The average molecular weight is 298 g/mol. The molecule has 1 atom stereocenters. The smallest absolute Gasteiger partial charge is 0.265 e. The van der Waals surface area contributed by atoms with Crippen molar-refractivity contribution in [1.29, 1.82) is 0 Å². The molecule has 2 aromatic carbocycles. The molecule has 1 heterocycles. The number of rotatable bonds is 1. The molecular weight excluding hydrogens is 286 g/mol. The van der Waals surface area contributed by atoms with Gasteiger partial charge < -0.3 is 0 Å². The van der Waals surface area contributed by atoms with E-state index >= 15 is 0 Å². The molecule has 0 radical (unpaired) electrons. The van der Waals surface area contributed by atoms with E-state index in [9.17, 15) is 9.59 Å². The van der Waals surface area contributed by atoms with Gasteiger partial charge in [0.2, 0.25) is 0 Å². The molecule has 21 heavy (non-hydrogen) atoms. The maximum absolute atomic E-state index is 12.7. The van der Waals surface area contributed by atoms with Crippen LogP contribution in [0.15, 0.2) is 41.6 Å². The summed E-state index contributed by atoms with van der Waals surface area (Å²) >= 11 is 6.19. The first-order valence-electron chi connectivity index (χ1n) is 6.83. The summed E-state index contributed by atoms with van der Waals surface area (Å²) in [5.74, 6) is -0.302. The van der Waals surface area contributed by atoms with Crippen LogP contribution in [-0.2, 0) is 0 Å². The first kappa shape index (κ1) is 12.6. The van der Waals surface area contributed by atoms with Crippen LogP contribution >= 0.6 is 11.6 Å². The number of benzene rings is 2. The molecule has 4 heteroatoms. The van der Waals surface area contributed by atoms with Gasteiger partial charge in [0.1, 0.15) is 0 Å². The van der Waals surface area contributed by atoms with Crippen molar-refractivity contribution in [2.24, 2.45) is 5.92 Å². The summed E-state index contributed by atoms with van der Waals surface area (Å²) in [6.07, 6.45) is 0. The van der Waals surface area contributed by atoms with Gasteiger partial charge in [0.25, 0.3) is 11.8 Å². The number of hydrogen-bond acceptors (Lipinski definition) is 2. The number of imide groups is 1. The van der Waals surface area contributed by atoms with Crippen molar-refractivity contribution in [3.05, 3.63) is 57.8 Å². The Bertz CT molecular complexity index is 859. The number of carbonyl (C=O) groups excluding carboxylic acids is 2. The molecule has 1 aliphatic carbocycles. The van der Waals surface area contributed by atoms with Gasteiger partial charge in [0, 0.05) is 38.5 Å². The van der Waals surface area contributed by atoms with Crippen molar-refractivity contribution in [3.8, 4) is 0 Å². The van der Waals surface area contributed by atoms with Crippen LogP contribution in [0, 0.1) is 5.92 Å². The molecule has 0 N–H and O–H groups in total. The zero-order chi connectivity index (χ0) is 14.9. The molecule has 0 bridgehead atoms. The van der Waals surface area contributed by atoms with E-state index in [0.717, 1.165) is 16.7 Å². The standard InChI is InChI=1S/C17H12ClNO2/c1-8-9(2)15(8)19-16(20)11-5-3-4-10-13(18)7-6-12(14(10)11)17(19)21/h3-8H,1-2H3. The number of halogens is 1. The number of nitrogens with zero attached hydrogens (tertiary/aromatic N) is 1. The maximum atomic E-state index is 12.7. The molecule has 4 rings (SSSR count). The fraction of sp³-hybridized carbons (Fsp3) is 0.176. The second-order valence-corrected chi connectivity index (χ2v) is 5.97. The molecule has 2 amide bonds. The Hall–Kier alpha value is -2.13. The maximum Gasteiger partial charge on any atom is 0.265 e. The molecule has 0 saturated heterocycles. The zero-order valence-corrected chi connectivity index (χ0v) is 12.4. The average Bonchev–Trinajstić information content (AvgIpc) is 3.05. The SMILES string of the molecule is CC1=C(N2C(=O)c3cccc4c(Cl)ccc(c34)C2=O)C1C. The highest BCUT2D eigenvalue weighted by Gasteiger charge is 2.43.